The van der Waals surface area contributed by atoms with Crippen molar-refractivity contribution >= 4 is 0 Å². The van der Waals surface area contributed by atoms with Crippen LogP contribution in [-0.4, -0.2) is 13.1 Å². The molecule has 0 aromatic heterocycles. The summed E-state index contributed by atoms with van der Waals surface area (Å²) in [5.41, 5.74) is 1.27. The number of hydrogen-bond donors (Lipinski definition) is 1. The van der Waals surface area contributed by atoms with Gasteiger partial charge in [0, 0.05) is 6.04 Å². The van der Waals surface area contributed by atoms with Gasteiger partial charge in [-0.2, -0.15) is 0 Å². The summed E-state index contributed by atoms with van der Waals surface area (Å²) in [5.74, 6) is 1.74. The van der Waals surface area contributed by atoms with Crippen molar-refractivity contribution in [3.8, 4) is 0 Å². The Morgan fingerprint density at radius 1 is 1.55 bits per heavy atom. The average molecular weight is 153 g/mol. The van der Waals surface area contributed by atoms with Gasteiger partial charge in [0.05, 0.1) is 0 Å². The molecular formula is C10H19N. The van der Waals surface area contributed by atoms with E-state index < -0.39 is 0 Å². The maximum absolute atomic E-state index is 4.00. The van der Waals surface area contributed by atoms with E-state index in [1.807, 2.05) is 7.05 Å². The predicted molar refractivity (Wildman–Crippen MR) is 49.5 cm³/mol. The van der Waals surface area contributed by atoms with E-state index in [1.54, 1.807) is 0 Å². The third-order valence-corrected chi connectivity index (χ3v) is 2.73. The van der Waals surface area contributed by atoms with Crippen LogP contribution < -0.4 is 5.32 Å². The first-order valence-electron chi connectivity index (χ1n) is 4.49. The molecule has 2 unspecified atom stereocenters. The van der Waals surface area contributed by atoms with E-state index in [2.05, 4.69) is 25.7 Å². The third kappa shape index (κ3) is 2.06. The zero-order chi connectivity index (χ0) is 8.43. The van der Waals surface area contributed by atoms with Crippen LogP contribution in [0.15, 0.2) is 12.2 Å². The number of rotatable bonds is 4. The number of nitrogens with one attached hydrogen (secondary N) is 1. The second kappa shape index (κ2) is 3.40. The maximum atomic E-state index is 4.00. The average Bonchev–Trinajstić information content (AvgIpc) is 2.68. The molecule has 1 N–H and O–H groups in total. The highest BCUT2D eigenvalue weighted by molar-refractivity contribution is 5.05. The first-order chi connectivity index (χ1) is 5.16. The molecule has 1 saturated carbocycles. The SMILES string of the molecule is C=C(C)C(NC)C(C)C1CC1. The van der Waals surface area contributed by atoms with Crippen molar-refractivity contribution in [2.24, 2.45) is 11.8 Å². The molecule has 0 radical (unpaired) electrons. The molecule has 11 heavy (non-hydrogen) atoms. The first kappa shape index (κ1) is 8.79. The fourth-order valence-corrected chi connectivity index (χ4v) is 1.85. The van der Waals surface area contributed by atoms with Crippen LogP contribution in [0.5, 0.6) is 0 Å². The predicted octanol–water partition coefficient (Wildman–Crippen LogP) is 2.20. The Balaban J connectivity index is 2.45. The molecule has 0 spiro atoms. The standard InChI is InChI=1S/C10H19N/c1-7(2)10(11-4)8(3)9-5-6-9/h8-11H,1,5-6H2,2-4H3. The van der Waals surface area contributed by atoms with Crippen LogP contribution >= 0.6 is 0 Å². The molecule has 0 bridgehead atoms. The van der Waals surface area contributed by atoms with Gasteiger partial charge in [0.15, 0.2) is 0 Å². The molecule has 1 aliphatic carbocycles. The molecule has 64 valence electrons. The van der Waals surface area contributed by atoms with Crippen molar-refractivity contribution < 1.29 is 0 Å². The van der Waals surface area contributed by atoms with Crippen molar-refractivity contribution in [2.45, 2.75) is 32.7 Å². The number of likely N-dealkylation sites (N-methyl/N-ethyl adjacent to an activating group) is 1. The summed E-state index contributed by atoms with van der Waals surface area (Å²) in [6, 6.07) is 0.530. The Bertz CT molecular complexity index is 147. The first-order valence-corrected chi connectivity index (χ1v) is 4.49. The van der Waals surface area contributed by atoms with Gasteiger partial charge in [-0.1, -0.05) is 19.1 Å². The highest BCUT2D eigenvalue weighted by Crippen LogP contribution is 2.39. The van der Waals surface area contributed by atoms with Gasteiger partial charge in [-0.05, 0) is 38.6 Å². The molecular weight excluding hydrogens is 134 g/mol. The van der Waals surface area contributed by atoms with Gasteiger partial charge in [0.2, 0.25) is 0 Å². The Morgan fingerprint density at radius 2 is 2.09 bits per heavy atom. The lowest BCUT2D eigenvalue weighted by atomic mass is 9.92. The lowest BCUT2D eigenvalue weighted by Gasteiger charge is -2.23. The van der Waals surface area contributed by atoms with E-state index in [1.165, 1.54) is 18.4 Å². The van der Waals surface area contributed by atoms with Crippen molar-refractivity contribution in [3.63, 3.8) is 0 Å². The fourth-order valence-electron chi connectivity index (χ4n) is 1.85. The molecule has 0 heterocycles. The lowest BCUT2D eigenvalue weighted by Crippen LogP contribution is -2.33. The van der Waals surface area contributed by atoms with Crippen LogP contribution in [0.4, 0.5) is 0 Å². The van der Waals surface area contributed by atoms with Crippen LogP contribution in [0.3, 0.4) is 0 Å². The molecule has 0 aliphatic heterocycles. The van der Waals surface area contributed by atoms with Crippen LogP contribution in [0.1, 0.15) is 26.7 Å². The van der Waals surface area contributed by atoms with E-state index >= 15 is 0 Å². The van der Waals surface area contributed by atoms with Gasteiger partial charge in [-0.25, -0.2) is 0 Å². The topological polar surface area (TPSA) is 12.0 Å². The molecule has 0 aromatic carbocycles. The fraction of sp³-hybridized carbons (Fsp3) is 0.800. The summed E-state index contributed by atoms with van der Waals surface area (Å²) in [6.07, 6.45) is 2.85. The zero-order valence-corrected chi connectivity index (χ0v) is 7.85. The van der Waals surface area contributed by atoms with Crippen molar-refractivity contribution in [2.75, 3.05) is 7.05 Å². The summed E-state index contributed by atoms with van der Waals surface area (Å²) >= 11 is 0. The van der Waals surface area contributed by atoms with Crippen molar-refractivity contribution in [3.05, 3.63) is 12.2 Å². The zero-order valence-electron chi connectivity index (χ0n) is 7.85. The van der Waals surface area contributed by atoms with Crippen LogP contribution in [0, 0.1) is 11.8 Å². The molecule has 0 amide bonds. The minimum atomic E-state index is 0.530. The maximum Gasteiger partial charge on any atom is 0.0299 e. The smallest absolute Gasteiger partial charge is 0.0299 e. The number of hydrogen-bond acceptors (Lipinski definition) is 1. The van der Waals surface area contributed by atoms with Crippen LogP contribution in [0.2, 0.25) is 0 Å². The molecule has 1 fully saturated rings. The largest absolute Gasteiger partial charge is 0.313 e. The van der Waals surface area contributed by atoms with Crippen molar-refractivity contribution in [1.82, 2.24) is 5.32 Å². The minimum absolute atomic E-state index is 0.530. The Morgan fingerprint density at radius 3 is 2.36 bits per heavy atom. The van der Waals surface area contributed by atoms with Gasteiger partial charge in [-0.15, -0.1) is 0 Å². The van der Waals surface area contributed by atoms with Gasteiger partial charge in [0.1, 0.15) is 0 Å². The highest BCUT2D eigenvalue weighted by Gasteiger charge is 2.32. The summed E-state index contributed by atoms with van der Waals surface area (Å²) in [5, 5.41) is 3.32. The summed E-state index contributed by atoms with van der Waals surface area (Å²) in [7, 11) is 2.03. The van der Waals surface area contributed by atoms with Gasteiger partial charge >= 0.3 is 0 Å². The second-order valence-corrected chi connectivity index (χ2v) is 3.81. The van der Waals surface area contributed by atoms with E-state index in [0.717, 1.165) is 11.8 Å². The van der Waals surface area contributed by atoms with Gasteiger partial charge in [0.25, 0.3) is 0 Å². The molecule has 1 rings (SSSR count). The van der Waals surface area contributed by atoms with E-state index in [9.17, 15) is 0 Å². The molecule has 2 atom stereocenters. The quantitative estimate of drug-likeness (QED) is 0.610. The van der Waals surface area contributed by atoms with E-state index in [-0.39, 0.29) is 0 Å². The van der Waals surface area contributed by atoms with Crippen LogP contribution in [0.25, 0.3) is 0 Å². The lowest BCUT2D eigenvalue weighted by molar-refractivity contribution is 0.399. The van der Waals surface area contributed by atoms with E-state index in [0.29, 0.717) is 6.04 Å². The second-order valence-electron chi connectivity index (χ2n) is 3.81. The summed E-state index contributed by atoms with van der Waals surface area (Å²) in [4.78, 5) is 0. The normalized spacial score (nSPS) is 22.8. The summed E-state index contributed by atoms with van der Waals surface area (Å²) < 4.78 is 0. The summed E-state index contributed by atoms with van der Waals surface area (Å²) in [6.45, 7) is 8.43. The Hall–Kier alpha value is -0.300. The molecule has 1 heteroatoms. The van der Waals surface area contributed by atoms with Crippen molar-refractivity contribution in [1.29, 1.82) is 0 Å². The Labute approximate surface area is 69.9 Å². The minimum Gasteiger partial charge on any atom is -0.313 e. The Kier molecular flexibility index (Phi) is 2.72. The molecule has 0 aromatic rings. The van der Waals surface area contributed by atoms with E-state index in [4.69, 9.17) is 0 Å². The molecule has 1 nitrogen and oxygen atoms in total. The third-order valence-electron chi connectivity index (χ3n) is 2.73. The van der Waals surface area contributed by atoms with Crippen LogP contribution in [-0.2, 0) is 0 Å². The highest BCUT2D eigenvalue weighted by atomic mass is 14.9. The monoisotopic (exact) mass is 153 g/mol. The molecule has 0 saturated heterocycles. The molecule has 1 aliphatic rings. The van der Waals surface area contributed by atoms with Gasteiger partial charge in [-0.3, -0.25) is 0 Å². The van der Waals surface area contributed by atoms with Gasteiger partial charge < -0.3 is 5.32 Å².